The van der Waals surface area contributed by atoms with Crippen LogP contribution in [0.5, 0.6) is 5.75 Å². The monoisotopic (exact) mass is 260 g/mol. The molecule has 2 nitrogen and oxygen atoms in total. The molecule has 1 aromatic carbocycles. The summed E-state index contributed by atoms with van der Waals surface area (Å²) >= 11 is 2.95. The molecule has 2 N–H and O–H groups in total. The van der Waals surface area contributed by atoms with Crippen molar-refractivity contribution in [2.24, 2.45) is 0 Å². The second kappa shape index (κ2) is 3.21. The van der Waals surface area contributed by atoms with Crippen LogP contribution in [-0.4, -0.2) is 15.8 Å². The zero-order chi connectivity index (χ0) is 10.3. The Morgan fingerprint density at radius 1 is 1.43 bits per heavy atom. The number of benzene rings is 1. The summed E-state index contributed by atoms with van der Waals surface area (Å²) in [6.07, 6.45) is 1.77. The van der Waals surface area contributed by atoms with Crippen LogP contribution in [0.4, 0.5) is 4.39 Å². The minimum absolute atomic E-state index is 0.0688. The van der Waals surface area contributed by atoms with E-state index in [1.54, 1.807) is 0 Å². The number of hydrogen-bond donors (Lipinski definition) is 2. The summed E-state index contributed by atoms with van der Waals surface area (Å²) in [5.41, 5.74) is -0.272. The highest BCUT2D eigenvalue weighted by atomic mass is 79.9. The molecule has 76 valence electrons. The van der Waals surface area contributed by atoms with Crippen LogP contribution in [0.25, 0.3) is 0 Å². The van der Waals surface area contributed by atoms with Crippen molar-refractivity contribution in [2.75, 3.05) is 0 Å². The molecule has 0 saturated heterocycles. The quantitative estimate of drug-likeness (QED) is 0.857. The van der Waals surface area contributed by atoms with Gasteiger partial charge in [0, 0.05) is 6.42 Å². The first kappa shape index (κ1) is 9.93. The van der Waals surface area contributed by atoms with Gasteiger partial charge in [0.25, 0.3) is 0 Å². The minimum Gasteiger partial charge on any atom is -0.507 e. The van der Waals surface area contributed by atoms with Gasteiger partial charge in [-0.05, 0) is 40.4 Å². The smallest absolute Gasteiger partial charge is 0.144 e. The topological polar surface area (TPSA) is 40.5 Å². The van der Waals surface area contributed by atoms with Gasteiger partial charge >= 0.3 is 0 Å². The van der Waals surface area contributed by atoms with Gasteiger partial charge in [0.2, 0.25) is 0 Å². The van der Waals surface area contributed by atoms with Gasteiger partial charge < -0.3 is 10.2 Å². The molecular weight excluding hydrogens is 251 g/mol. The van der Waals surface area contributed by atoms with E-state index < -0.39 is 11.4 Å². The van der Waals surface area contributed by atoms with Crippen LogP contribution in [0.3, 0.4) is 0 Å². The van der Waals surface area contributed by atoms with Crippen LogP contribution in [0.1, 0.15) is 18.4 Å². The molecule has 0 aromatic heterocycles. The molecule has 1 fully saturated rings. The van der Waals surface area contributed by atoms with E-state index in [4.69, 9.17) is 0 Å². The second-order valence-electron chi connectivity index (χ2n) is 3.77. The van der Waals surface area contributed by atoms with E-state index in [0.717, 1.165) is 12.8 Å². The Kier molecular flexibility index (Phi) is 2.27. The molecule has 0 spiro atoms. The fourth-order valence-corrected chi connectivity index (χ4v) is 1.78. The summed E-state index contributed by atoms with van der Waals surface area (Å²) in [7, 11) is 0. The molecule has 0 atom stereocenters. The number of aliphatic hydroxyl groups is 1. The fourth-order valence-electron chi connectivity index (χ4n) is 1.39. The van der Waals surface area contributed by atoms with Crippen molar-refractivity contribution in [3.63, 3.8) is 0 Å². The largest absolute Gasteiger partial charge is 0.507 e. The summed E-state index contributed by atoms with van der Waals surface area (Å²) in [4.78, 5) is 0. The maximum absolute atomic E-state index is 13.5. The van der Waals surface area contributed by atoms with Crippen molar-refractivity contribution in [3.8, 4) is 5.75 Å². The summed E-state index contributed by atoms with van der Waals surface area (Å²) in [6.45, 7) is 0. The van der Waals surface area contributed by atoms with Crippen LogP contribution >= 0.6 is 15.9 Å². The van der Waals surface area contributed by atoms with Gasteiger partial charge in [-0.2, -0.15) is 0 Å². The predicted molar refractivity (Wildman–Crippen MR) is 53.7 cm³/mol. The standard InChI is InChI=1S/C10H10BrFO2/c11-8-7(13)2-1-6(9(8)12)5-10(14)3-4-10/h1-2,13-14H,3-5H2. The lowest BCUT2D eigenvalue weighted by Gasteiger charge is -2.09. The van der Waals surface area contributed by atoms with Gasteiger partial charge in [-0.3, -0.25) is 0 Å². The third-order valence-electron chi connectivity index (χ3n) is 2.49. The number of aromatic hydroxyl groups is 1. The Hall–Kier alpha value is -0.610. The van der Waals surface area contributed by atoms with Crippen LogP contribution in [0, 0.1) is 5.82 Å². The summed E-state index contributed by atoms with van der Waals surface area (Å²) in [5, 5.41) is 18.8. The Labute approximate surface area is 89.5 Å². The normalized spacial score (nSPS) is 18.2. The van der Waals surface area contributed by atoms with Crippen molar-refractivity contribution in [1.82, 2.24) is 0 Å². The number of halogens is 2. The highest BCUT2D eigenvalue weighted by molar-refractivity contribution is 9.10. The van der Waals surface area contributed by atoms with E-state index in [-0.39, 0.29) is 10.2 Å². The van der Waals surface area contributed by atoms with E-state index in [1.807, 2.05) is 0 Å². The van der Waals surface area contributed by atoms with Crippen molar-refractivity contribution in [3.05, 3.63) is 28.0 Å². The molecule has 0 radical (unpaired) electrons. The lowest BCUT2D eigenvalue weighted by molar-refractivity contribution is 0.149. The molecule has 1 aromatic rings. The number of hydrogen-bond acceptors (Lipinski definition) is 2. The van der Waals surface area contributed by atoms with Gasteiger partial charge in [-0.25, -0.2) is 4.39 Å². The number of phenolic OH excluding ortho intramolecular Hbond substituents is 1. The second-order valence-corrected chi connectivity index (χ2v) is 4.57. The van der Waals surface area contributed by atoms with Gasteiger partial charge in [-0.1, -0.05) is 6.07 Å². The van der Waals surface area contributed by atoms with Gasteiger partial charge in [0.05, 0.1) is 10.1 Å². The number of rotatable bonds is 2. The molecule has 2 rings (SSSR count). The van der Waals surface area contributed by atoms with Crippen molar-refractivity contribution >= 4 is 15.9 Å². The van der Waals surface area contributed by atoms with E-state index in [9.17, 15) is 14.6 Å². The molecule has 14 heavy (non-hydrogen) atoms. The van der Waals surface area contributed by atoms with Crippen LogP contribution < -0.4 is 0 Å². The first-order valence-corrected chi connectivity index (χ1v) is 5.19. The lowest BCUT2D eigenvalue weighted by Crippen LogP contribution is -2.12. The third-order valence-corrected chi connectivity index (χ3v) is 3.24. The average molecular weight is 261 g/mol. The molecule has 1 aliphatic rings. The first-order chi connectivity index (χ1) is 6.52. The zero-order valence-electron chi connectivity index (χ0n) is 7.43. The van der Waals surface area contributed by atoms with E-state index in [0.29, 0.717) is 12.0 Å². The van der Waals surface area contributed by atoms with Crippen molar-refractivity contribution < 1.29 is 14.6 Å². The van der Waals surface area contributed by atoms with Crippen LogP contribution in [-0.2, 0) is 6.42 Å². The van der Waals surface area contributed by atoms with Gasteiger partial charge in [-0.15, -0.1) is 0 Å². The maximum Gasteiger partial charge on any atom is 0.144 e. The SMILES string of the molecule is Oc1ccc(CC2(O)CC2)c(F)c1Br. The van der Waals surface area contributed by atoms with E-state index in [1.165, 1.54) is 12.1 Å². The molecular formula is C10H10BrFO2. The molecule has 0 bridgehead atoms. The van der Waals surface area contributed by atoms with Crippen molar-refractivity contribution in [2.45, 2.75) is 24.9 Å². The maximum atomic E-state index is 13.5. The lowest BCUT2D eigenvalue weighted by atomic mass is 10.1. The molecule has 1 aliphatic carbocycles. The Morgan fingerprint density at radius 3 is 2.64 bits per heavy atom. The van der Waals surface area contributed by atoms with Gasteiger partial charge in [0.1, 0.15) is 11.6 Å². The van der Waals surface area contributed by atoms with Crippen LogP contribution in [0.2, 0.25) is 0 Å². The van der Waals surface area contributed by atoms with Gasteiger partial charge in [0.15, 0.2) is 0 Å². The molecule has 0 aliphatic heterocycles. The molecule has 0 amide bonds. The fraction of sp³-hybridized carbons (Fsp3) is 0.400. The Bertz CT molecular complexity index is 375. The predicted octanol–water partition coefficient (Wildman–Crippen LogP) is 2.36. The summed E-state index contributed by atoms with van der Waals surface area (Å²) in [6, 6.07) is 2.93. The average Bonchev–Trinajstić information content (AvgIpc) is 2.86. The molecule has 0 unspecified atom stereocenters. The Morgan fingerprint density at radius 2 is 2.07 bits per heavy atom. The van der Waals surface area contributed by atoms with Crippen molar-refractivity contribution in [1.29, 1.82) is 0 Å². The molecule has 1 saturated carbocycles. The van der Waals surface area contributed by atoms with E-state index in [2.05, 4.69) is 15.9 Å². The highest BCUT2D eigenvalue weighted by Gasteiger charge is 2.40. The molecule has 0 heterocycles. The van der Waals surface area contributed by atoms with E-state index >= 15 is 0 Å². The summed E-state index contributed by atoms with van der Waals surface area (Å²) in [5.74, 6) is -0.598. The Balaban J connectivity index is 2.30. The molecule has 4 heteroatoms. The zero-order valence-corrected chi connectivity index (χ0v) is 9.01. The third kappa shape index (κ3) is 1.77. The first-order valence-electron chi connectivity index (χ1n) is 4.40. The number of phenols is 1. The minimum atomic E-state index is -0.711. The summed E-state index contributed by atoms with van der Waals surface area (Å²) < 4.78 is 13.6. The highest BCUT2D eigenvalue weighted by Crippen LogP contribution is 2.40. The van der Waals surface area contributed by atoms with Crippen LogP contribution in [0.15, 0.2) is 16.6 Å².